The number of nitrogens with zero attached hydrogens (tertiary/aromatic N) is 4. The van der Waals surface area contributed by atoms with Crippen LogP contribution in [-0.2, 0) is 14.8 Å². The van der Waals surface area contributed by atoms with Gasteiger partial charge in [-0.2, -0.15) is 0 Å². The summed E-state index contributed by atoms with van der Waals surface area (Å²) in [6, 6.07) is 22.0. The molecule has 0 radical (unpaired) electrons. The van der Waals surface area contributed by atoms with Crippen LogP contribution in [0.3, 0.4) is 0 Å². The Hall–Kier alpha value is -5.48. The van der Waals surface area contributed by atoms with Crippen LogP contribution in [0.4, 0.5) is 17.1 Å². The van der Waals surface area contributed by atoms with Crippen LogP contribution in [0.2, 0.25) is 5.02 Å². The standard InChI is InChI=1S/C45H50ClN7O7S/c1-45(2)17-13-32(37(27-45)31-3-5-33(46)6-4-31)29-51-19-21-52(22-20-51)34-7-9-36(42(25-34)60-43-12-11-38-39(49-43)14-18-47-38)44(54)50-61(57,58)35-8-10-40(41(26-35)53(55)56)48-28-30-15-23-59-24-16-30/h3-12,14,18,25-26,30,47-48H,13,15-17,19-24,27-29H2,1-2H3,(H,50,54). The van der Waals surface area contributed by atoms with Crippen LogP contribution >= 0.6 is 11.6 Å². The van der Waals surface area contributed by atoms with Crippen molar-refractivity contribution in [3.8, 4) is 11.6 Å². The number of H-pyrrole nitrogens is 1. The van der Waals surface area contributed by atoms with Crippen LogP contribution in [0.25, 0.3) is 16.6 Å². The summed E-state index contributed by atoms with van der Waals surface area (Å²) in [5, 5.41) is 15.9. The third-order valence-corrected chi connectivity index (χ3v) is 13.5. The van der Waals surface area contributed by atoms with E-state index in [1.54, 1.807) is 36.5 Å². The summed E-state index contributed by atoms with van der Waals surface area (Å²) in [6.07, 6.45) is 6.60. The summed E-state index contributed by atoms with van der Waals surface area (Å²) >= 11 is 6.24. The normalized spacial score (nSPS) is 17.7. The number of carbonyl (C=O) groups excluding carboxylic acids is 1. The second kappa shape index (κ2) is 17.9. The van der Waals surface area contributed by atoms with Crippen LogP contribution in [0, 0.1) is 21.4 Å². The monoisotopic (exact) mass is 867 g/mol. The fourth-order valence-corrected chi connectivity index (χ4v) is 9.49. The number of rotatable bonds is 13. The Labute approximate surface area is 360 Å². The lowest BCUT2D eigenvalue weighted by Gasteiger charge is -2.39. The van der Waals surface area contributed by atoms with Gasteiger partial charge in [0.1, 0.15) is 11.4 Å². The van der Waals surface area contributed by atoms with Crippen LogP contribution in [-0.4, -0.2) is 86.6 Å². The van der Waals surface area contributed by atoms with Crippen LogP contribution in [0.5, 0.6) is 11.6 Å². The average molecular weight is 868 g/mol. The molecule has 2 aromatic heterocycles. The molecule has 2 fully saturated rings. The molecule has 2 aliphatic heterocycles. The molecule has 0 saturated carbocycles. The fourth-order valence-electron chi connectivity index (χ4n) is 8.38. The van der Waals surface area contributed by atoms with Gasteiger partial charge in [0, 0.05) is 87.6 Å². The van der Waals surface area contributed by atoms with Crippen molar-refractivity contribution in [1.29, 1.82) is 0 Å². The first-order valence-electron chi connectivity index (χ1n) is 20.7. The van der Waals surface area contributed by atoms with Crippen molar-refractivity contribution < 1.29 is 27.6 Å². The van der Waals surface area contributed by atoms with Crippen molar-refractivity contribution in [3.05, 3.63) is 117 Å². The highest BCUT2D eigenvalue weighted by molar-refractivity contribution is 7.90. The van der Waals surface area contributed by atoms with Crippen molar-refractivity contribution in [2.75, 3.05) is 62.7 Å². The number of pyridine rings is 1. The number of amides is 1. The molecule has 14 nitrogen and oxygen atoms in total. The molecule has 0 unspecified atom stereocenters. The van der Waals surface area contributed by atoms with Gasteiger partial charge in [-0.3, -0.25) is 19.8 Å². The van der Waals surface area contributed by atoms with Gasteiger partial charge in [-0.25, -0.2) is 18.1 Å². The number of piperazine rings is 1. The predicted octanol–water partition coefficient (Wildman–Crippen LogP) is 8.66. The van der Waals surface area contributed by atoms with Gasteiger partial charge in [0.15, 0.2) is 0 Å². The first-order valence-corrected chi connectivity index (χ1v) is 22.5. The molecule has 2 saturated heterocycles. The fraction of sp³-hybridized carbons (Fsp3) is 0.378. The zero-order valence-corrected chi connectivity index (χ0v) is 35.9. The minimum absolute atomic E-state index is 0.0481. The summed E-state index contributed by atoms with van der Waals surface area (Å²) in [5.41, 5.74) is 6.32. The van der Waals surface area contributed by atoms with Crippen LogP contribution < -0.4 is 19.7 Å². The molecule has 61 heavy (non-hydrogen) atoms. The molecule has 3 aliphatic rings. The molecule has 5 aromatic rings. The Morgan fingerprint density at radius 3 is 2.54 bits per heavy atom. The Balaban J connectivity index is 1.00. The van der Waals surface area contributed by atoms with E-state index in [2.05, 4.69) is 55.8 Å². The maximum Gasteiger partial charge on any atom is 0.293 e. The molecule has 8 rings (SSSR count). The van der Waals surface area contributed by atoms with Crippen LogP contribution in [0.1, 0.15) is 61.9 Å². The van der Waals surface area contributed by atoms with Crippen molar-refractivity contribution >= 4 is 61.2 Å². The van der Waals surface area contributed by atoms with E-state index in [1.165, 1.54) is 34.9 Å². The van der Waals surface area contributed by atoms with Crippen molar-refractivity contribution in [2.24, 2.45) is 11.3 Å². The molecule has 3 N–H and O–H groups in total. The van der Waals surface area contributed by atoms with E-state index in [-0.39, 0.29) is 34.2 Å². The maximum absolute atomic E-state index is 13.9. The van der Waals surface area contributed by atoms with Crippen molar-refractivity contribution in [2.45, 2.75) is 50.8 Å². The minimum Gasteiger partial charge on any atom is -0.438 e. The number of allylic oxidation sites excluding steroid dienone is 1. The third-order valence-electron chi connectivity index (χ3n) is 12.0. The smallest absolute Gasteiger partial charge is 0.293 e. The van der Waals surface area contributed by atoms with Gasteiger partial charge in [-0.1, -0.05) is 43.2 Å². The van der Waals surface area contributed by atoms with E-state index in [4.69, 9.17) is 21.1 Å². The summed E-state index contributed by atoms with van der Waals surface area (Å²) in [4.78, 5) is 37.3. The van der Waals surface area contributed by atoms with E-state index in [0.717, 1.165) is 87.1 Å². The second-order valence-electron chi connectivity index (χ2n) is 16.8. The molecule has 1 amide bonds. The number of anilines is 2. The maximum atomic E-state index is 13.9. The number of carbonyl (C=O) groups is 1. The van der Waals surface area contributed by atoms with E-state index in [9.17, 15) is 23.3 Å². The highest BCUT2D eigenvalue weighted by Crippen LogP contribution is 2.43. The number of nitro benzene ring substituents is 1. The van der Waals surface area contributed by atoms with Crippen molar-refractivity contribution in [3.63, 3.8) is 0 Å². The first-order chi connectivity index (χ1) is 29.3. The summed E-state index contributed by atoms with van der Waals surface area (Å²) in [7, 11) is -4.56. The van der Waals surface area contributed by atoms with E-state index in [0.29, 0.717) is 25.3 Å². The lowest BCUT2D eigenvalue weighted by Crippen LogP contribution is -2.47. The second-order valence-corrected chi connectivity index (χ2v) is 19.0. The number of halogens is 1. The summed E-state index contributed by atoms with van der Waals surface area (Å²) in [6.45, 7) is 10.4. The molecular weight excluding hydrogens is 818 g/mol. The Kier molecular flexibility index (Phi) is 12.4. The van der Waals surface area contributed by atoms with E-state index >= 15 is 0 Å². The highest BCUT2D eigenvalue weighted by Gasteiger charge is 2.31. The lowest BCUT2D eigenvalue weighted by molar-refractivity contribution is -0.384. The topological polar surface area (TPSA) is 172 Å². The van der Waals surface area contributed by atoms with Crippen molar-refractivity contribution in [1.82, 2.24) is 19.6 Å². The van der Waals surface area contributed by atoms with Gasteiger partial charge in [-0.15, -0.1) is 0 Å². The number of nitrogens with one attached hydrogen (secondary N) is 3. The Morgan fingerprint density at radius 1 is 1.02 bits per heavy atom. The Morgan fingerprint density at radius 2 is 1.79 bits per heavy atom. The number of fused-ring (bicyclic) bond motifs is 1. The number of hydrogen-bond acceptors (Lipinski definition) is 11. The molecule has 3 aromatic carbocycles. The first kappa shape index (κ1) is 42.2. The molecule has 0 spiro atoms. The van der Waals surface area contributed by atoms with Gasteiger partial charge in [0.2, 0.25) is 5.88 Å². The van der Waals surface area contributed by atoms with Gasteiger partial charge < -0.3 is 24.7 Å². The largest absolute Gasteiger partial charge is 0.438 e. The lowest BCUT2D eigenvalue weighted by atomic mass is 9.72. The molecular formula is C45H50ClN7O7S. The number of ether oxygens (including phenoxy) is 2. The highest BCUT2D eigenvalue weighted by atomic mass is 35.5. The molecule has 320 valence electrons. The SMILES string of the molecule is CC1(C)CCC(CN2CCN(c3ccc(C(=O)NS(=O)(=O)c4ccc(NCC5CCOCC5)c([N+](=O)[O-])c4)c(Oc4ccc5[nH]ccc5n4)c3)CC2)=C(c2ccc(Cl)cc2)C1. The molecule has 16 heteroatoms. The number of nitro groups is 1. The van der Waals surface area contributed by atoms with Gasteiger partial charge in [0.25, 0.3) is 21.6 Å². The summed E-state index contributed by atoms with van der Waals surface area (Å²) in [5.74, 6) is -0.364. The average Bonchev–Trinajstić information content (AvgIpc) is 3.72. The molecule has 1 aliphatic carbocycles. The van der Waals surface area contributed by atoms with E-state index < -0.39 is 31.4 Å². The van der Waals surface area contributed by atoms with Gasteiger partial charge >= 0.3 is 0 Å². The van der Waals surface area contributed by atoms with Crippen LogP contribution in [0.15, 0.2) is 95.5 Å². The zero-order valence-electron chi connectivity index (χ0n) is 34.3. The predicted molar refractivity (Wildman–Crippen MR) is 237 cm³/mol. The number of aromatic amines is 1. The third kappa shape index (κ3) is 10.0. The number of sulfonamides is 1. The minimum atomic E-state index is -4.56. The number of benzene rings is 3. The zero-order chi connectivity index (χ0) is 42.7. The molecule has 4 heterocycles. The molecule has 0 atom stereocenters. The van der Waals surface area contributed by atoms with Gasteiger partial charge in [0.05, 0.1) is 26.4 Å². The molecule has 0 bridgehead atoms. The van der Waals surface area contributed by atoms with Gasteiger partial charge in [-0.05, 0) is 103 Å². The quantitative estimate of drug-likeness (QED) is 0.0764. The number of hydrogen-bond donors (Lipinski definition) is 3. The Bertz CT molecular complexity index is 2560. The van der Waals surface area contributed by atoms with E-state index in [1.807, 2.05) is 12.1 Å². The number of aromatic nitrogens is 2. The summed E-state index contributed by atoms with van der Waals surface area (Å²) < 4.78 is 41.1.